The first kappa shape index (κ1) is 23.3. The van der Waals surface area contributed by atoms with E-state index in [1.807, 2.05) is 13.8 Å². The summed E-state index contributed by atoms with van der Waals surface area (Å²) in [6.45, 7) is 4.10. The Morgan fingerprint density at radius 3 is 2.55 bits per heavy atom. The van der Waals surface area contributed by atoms with Gasteiger partial charge in [-0.05, 0) is 44.4 Å². The van der Waals surface area contributed by atoms with E-state index >= 15 is 0 Å². The average Bonchev–Trinajstić information content (AvgIpc) is 2.73. The van der Waals surface area contributed by atoms with Gasteiger partial charge in [-0.25, -0.2) is 8.42 Å². The minimum atomic E-state index is -3.66. The molecule has 0 bridgehead atoms. The normalized spacial score (nSPS) is 16.4. The van der Waals surface area contributed by atoms with Crippen molar-refractivity contribution >= 4 is 21.8 Å². The molecule has 1 aromatic rings. The summed E-state index contributed by atoms with van der Waals surface area (Å²) in [5.41, 5.74) is 0.269. The van der Waals surface area contributed by atoms with Crippen molar-refractivity contribution in [2.45, 2.75) is 75.8 Å². The largest absolute Gasteiger partial charge is 0.354 e. The number of nitrogens with zero attached hydrogens (tertiary/aromatic N) is 1. The van der Waals surface area contributed by atoms with Crippen LogP contribution in [0.3, 0.4) is 0 Å². The van der Waals surface area contributed by atoms with Crippen LogP contribution in [0.2, 0.25) is 0 Å². The first-order valence-corrected chi connectivity index (χ1v) is 11.9. The molecule has 1 unspecified atom stereocenters. The first-order valence-electron chi connectivity index (χ1n) is 10.4. The molecule has 2 rings (SSSR count). The zero-order valence-electron chi connectivity index (χ0n) is 17.6. The molecular formula is C21H33N3O4S. The molecule has 2 N–H and O–H groups in total. The van der Waals surface area contributed by atoms with Crippen molar-refractivity contribution < 1.29 is 18.0 Å². The van der Waals surface area contributed by atoms with Gasteiger partial charge in [0.1, 0.15) is 0 Å². The van der Waals surface area contributed by atoms with E-state index in [0.717, 1.165) is 38.5 Å². The van der Waals surface area contributed by atoms with Crippen LogP contribution in [-0.4, -0.2) is 50.2 Å². The number of sulfonamides is 1. The highest BCUT2D eigenvalue weighted by atomic mass is 32.2. The van der Waals surface area contributed by atoms with Crippen LogP contribution in [0, 0.1) is 0 Å². The van der Waals surface area contributed by atoms with Crippen molar-refractivity contribution in [1.29, 1.82) is 0 Å². The Hall–Kier alpha value is -1.93. The lowest BCUT2D eigenvalue weighted by Crippen LogP contribution is -2.38. The van der Waals surface area contributed by atoms with Crippen LogP contribution >= 0.6 is 0 Å². The van der Waals surface area contributed by atoms with Gasteiger partial charge in [0.05, 0.1) is 4.90 Å². The molecule has 0 heterocycles. The van der Waals surface area contributed by atoms with Gasteiger partial charge >= 0.3 is 0 Å². The van der Waals surface area contributed by atoms with E-state index in [9.17, 15) is 18.0 Å². The van der Waals surface area contributed by atoms with Crippen LogP contribution in [0.15, 0.2) is 29.2 Å². The maximum atomic E-state index is 13.0. The third-order valence-corrected chi connectivity index (χ3v) is 7.43. The standard InChI is InChI=1S/C21H33N3O4S/c1-4-16(2)23-20(25)13-14-22-21(26)17-9-8-12-19(15-17)29(27,28)24(3)18-10-6-5-7-11-18/h8-9,12,15-16,18H,4-7,10-11,13-14H2,1-3H3,(H,22,26)(H,23,25). The minimum Gasteiger partial charge on any atom is -0.354 e. The van der Waals surface area contributed by atoms with Crippen LogP contribution < -0.4 is 10.6 Å². The molecule has 0 aliphatic heterocycles. The molecule has 0 spiro atoms. The highest BCUT2D eigenvalue weighted by Crippen LogP contribution is 2.26. The lowest BCUT2D eigenvalue weighted by molar-refractivity contribution is -0.121. The average molecular weight is 424 g/mol. The molecule has 1 aliphatic rings. The van der Waals surface area contributed by atoms with Gasteiger partial charge in [0.15, 0.2) is 0 Å². The Morgan fingerprint density at radius 1 is 1.21 bits per heavy atom. The second-order valence-corrected chi connectivity index (χ2v) is 9.72. The van der Waals surface area contributed by atoms with Gasteiger partial charge in [-0.3, -0.25) is 9.59 Å². The van der Waals surface area contributed by atoms with Gasteiger partial charge in [-0.1, -0.05) is 32.3 Å². The molecule has 1 aliphatic carbocycles. The fraction of sp³-hybridized carbons (Fsp3) is 0.619. The number of carbonyl (C=O) groups excluding carboxylic acids is 2. The van der Waals surface area contributed by atoms with Crippen molar-refractivity contribution in [2.75, 3.05) is 13.6 Å². The zero-order valence-corrected chi connectivity index (χ0v) is 18.4. The molecule has 1 fully saturated rings. The third kappa shape index (κ3) is 6.54. The van der Waals surface area contributed by atoms with Gasteiger partial charge in [0, 0.05) is 37.7 Å². The Balaban J connectivity index is 1.98. The van der Waals surface area contributed by atoms with Gasteiger partial charge in [-0.15, -0.1) is 0 Å². The van der Waals surface area contributed by atoms with Gasteiger partial charge in [0.25, 0.3) is 5.91 Å². The molecule has 1 aromatic carbocycles. The maximum absolute atomic E-state index is 13.0. The second-order valence-electron chi connectivity index (χ2n) is 7.72. The van der Waals surface area contributed by atoms with Crippen molar-refractivity contribution in [3.8, 4) is 0 Å². The Bertz CT molecular complexity index is 804. The monoisotopic (exact) mass is 423 g/mol. The van der Waals surface area contributed by atoms with Crippen LogP contribution in [0.25, 0.3) is 0 Å². The predicted molar refractivity (Wildman–Crippen MR) is 113 cm³/mol. The highest BCUT2D eigenvalue weighted by molar-refractivity contribution is 7.89. The van der Waals surface area contributed by atoms with E-state index in [-0.39, 0.29) is 41.4 Å². The van der Waals surface area contributed by atoms with Crippen LogP contribution in [0.5, 0.6) is 0 Å². The van der Waals surface area contributed by atoms with Crippen molar-refractivity contribution in [3.05, 3.63) is 29.8 Å². The van der Waals surface area contributed by atoms with E-state index < -0.39 is 15.9 Å². The summed E-state index contributed by atoms with van der Waals surface area (Å²) in [4.78, 5) is 24.3. The lowest BCUT2D eigenvalue weighted by atomic mass is 9.96. The van der Waals surface area contributed by atoms with E-state index in [1.54, 1.807) is 19.2 Å². The Morgan fingerprint density at radius 2 is 1.90 bits per heavy atom. The number of carbonyl (C=O) groups is 2. The van der Waals surface area contributed by atoms with Crippen LogP contribution in [0.1, 0.15) is 69.2 Å². The van der Waals surface area contributed by atoms with Crippen LogP contribution in [-0.2, 0) is 14.8 Å². The first-order chi connectivity index (χ1) is 13.8. The smallest absolute Gasteiger partial charge is 0.251 e. The Labute approximate surface area is 174 Å². The second kappa shape index (κ2) is 10.7. The topological polar surface area (TPSA) is 95.6 Å². The molecule has 0 saturated heterocycles. The van der Waals surface area contributed by atoms with Crippen molar-refractivity contribution in [3.63, 3.8) is 0 Å². The fourth-order valence-corrected chi connectivity index (χ4v) is 4.91. The summed E-state index contributed by atoms with van der Waals surface area (Å²) in [6.07, 6.45) is 5.99. The number of rotatable bonds is 9. The maximum Gasteiger partial charge on any atom is 0.251 e. The molecule has 0 aromatic heterocycles. The zero-order chi connectivity index (χ0) is 21.4. The highest BCUT2D eigenvalue weighted by Gasteiger charge is 2.29. The van der Waals surface area contributed by atoms with Crippen molar-refractivity contribution in [1.82, 2.24) is 14.9 Å². The van der Waals surface area contributed by atoms with Crippen molar-refractivity contribution in [2.24, 2.45) is 0 Å². The third-order valence-electron chi connectivity index (χ3n) is 5.52. The van der Waals surface area contributed by atoms with Gasteiger partial charge in [0.2, 0.25) is 15.9 Å². The molecule has 7 nitrogen and oxygen atoms in total. The minimum absolute atomic E-state index is 0.00950. The van der Waals surface area contributed by atoms with Gasteiger partial charge in [-0.2, -0.15) is 4.31 Å². The van der Waals surface area contributed by atoms with E-state index in [0.29, 0.717) is 0 Å². The lowest BCUT2D eigenvalue weighted by Gasteiger charge is -2.30. The predicted octanol–water partition coefficient (Wildman–Crippen LogP) is 2.67. The summed E-state index contributed by atoms with van der Waals surface area (Å²) in [5, 5.41) is 5.52. The number of amides is 2. The SMILES string of the molecule is CCC(C)NC(=O)CCNC(=O)c1cccc(S(=O)(=O)N(C)C2CCCCC2)c1. The number of hydrogen-bond acceptors (Lipinski definition) is 4. The molecule has 1 atom stereocenters. The number of hydrogen-bond donors (Lipinski definition) is 2. The molecule has 1 saturated carbocycles. The number of nitrogens with one attached hydrogen (secondary N) is 2. The Kier molecular flexibility index (Phi) is 8.64. The van der Waals surface area contributed by atoms with E-state index in [4.69, 9.17) is 0 Å². The molecule has 162 valence electrons. The fourth-order valence-electron chi connectivity index (χ4n) is 3.45. The summed E-state index contributed by atoms with van der Waals surface area (Å²) >= 11 is 0. The number of benzene rings is 1. The van der Waals surface area contributed by atoms with Gasteiger partial charge < -0.3 is 10.6 Å². The summed E-state index contributed by atoms with van der Waals surface area (Å²) in [6, 6.07) is 6.19. The molecule has 29 heavy (non-hydrogen) atoms. The molecule has 8 heteroatoms. The van der Waals surface area contributed by atoms with E-state index in [2.05, 4.69) is 10.6 Å². The molecule has 0 radical (unpaired) electrons. The molecule has 2 amide bonds. The van der Waals surface area contributed by atoms with E-state index in [1.165, 1.54) is 16.4 Å². The summed E-state index contributed by atoms with van der Waals surface area (Å²) in [7, 11) is -2.04. The summed E-state index contributed by atoms with van der Waals surface area (Å²) in [5.74, 6) is -0.510. The quantitative estimate of drug-likeness (QED) is 0.638. The summed E-state index contributed by atoms with van der Waals surface area (Å²) < 4.78 is 27.4. The molecular weight excluding hydrogens is 390 g/mol. The van der Waals surface area contributed by atoms with Crippen LogP contribution in [0.4, 0.5) is 0 Å².